The lowest BCUT2D eigenvalue weighted by Gasteiger charge is -2.65. The average molecular weight is 501 g/mol. The number of phenolic OH excluding ortho intramolecular Hbond substituents is 1. The zero-order valence-corrected chi connectivity index (χ0v) is 20.7. The normalized spacial score (nSPS) is 36.6. The minimum Gasteiger partial charge on any atom is -0.504 e. The Hall–Kier alpha value is -1.25. The van der Waals surface area contributed by atoms with Gasteiger partial charge in [0.05, 0.1) is 11.0 Å². The molecule has 3 N–H and O–H groups in total. The summed E-state index contributed by atoms with van der Waals surface area (Å²) < 4.78 is 13.1. The van der Waals surface area contributed by atoms with E-state index in [1.807, 2.05) is 7.11 Å². The Morgan fingerprint density at radius 1 is 1.30 bits per heavy atom. The third-order valence-corrected chi connectivity index (χ3v) is 8.92. The number of rotatable bonds is 6. The van der Waals surface area contributed by atoms with Gasteiger partial charge in [-0.25, -0.2) is 0 Å². The number of carbonyl (C=O) groups is 1. The van der Waals surface area contributed by atoms with Crippen molar-refractivity contribution < 1.29 is 24.5 Å². The molecule has 2 saturated carbocycles. The number of phenols is 1. The molecular formula is C24H34Cl2N2O5. The van der Waals surface area contributed by atoms with Crippen LogP contribution in [0.15, 0.2) is 12.1 Å². The van der Waals surface area contributed by atoms with Crippen LogP contribution < -0.4 is 10.1 Å². The maximum atomic E-state index is 11.6. The molecule has 0 radical (unpaired) electrons. The molecule has 6 atom stereocenters. The van der Waals surface area contributed by atoms with Crippen LogP contribution in [0.1, 0.15) is 50.2 Å². The fourth-order valence-corrected chi connectivity index (χ4v) is 7.43. The van der Waals surface area contributed by atoms with Gasteiger partial charge in [0.25, 0.3) is 0 Å². The number of carboxylic acids is 1. The summed E-state index contributed by atoms with van der Waals surface area (Å²) in [7, 11) is 1.84. The number of piperidine rings is 1. The number of aromatic hydroxyl groups is 1. The zero-order chi connectivity index (χ0) is 21.5. The van der Waals surface area contributed by atoms with E-state index in [0.717, 1.165) is 50.3 Å². The smallest absolute Gasteiger partial charge is 0.320 e. The fraction of sp³-hybridized carbons (Fsp3) is 0.708. The number of carboxylic acid groups (broad SMARTS) is 1. The summed E-state index contributed by atoms with van der Waals surface area (Å²) in [6.07, 6.45) is 5.85. The van der Waals surface area contributed by atoms with Crippen molar-refractivity contribution in [1.82, 2.24) is 10.2 Å². The molecule has 1 saturated heterocycles. The molecule has 5 aliphatic rings. The van der Waals surface area contributed by atoms with Crippen LogP contribution in [0.5, 0.6) is 11.5 Å². The fourth-order valence-electron chi connectivity index (χ4n) is 7.43. The van der Waals surface area contributed by atoms with E-state index in [9.17, 15) is 15.0 Å². The van der Waals surface area contributed by atoms with Crippen molar-refractivity contribution in [2.75, 3.05) is 20.2 Å². The lowest BCUT2D eigenvalue weighted by Crippen LogP contribution is -2.79. The molecule has 0 aromatic heterocycles. The van der Waals surface area contributed by atoms with Crippen LogP contribution in [-0.2, 0) is 21.4 Å². The number of hydrogen-bond acceptors (Lipinski definition) is 6. The van der Waals surface area contributed by atoms with Crippen molar-refractivity contribution in [2.45, 2.75) is 80.7 Å². The van der Waals surface area contributed by atoms with Crippen LogP contribution in [0.3, 0.4) is 0 Å². The van der Waals surface area contributed by atoms with Gasteiger partial charge in [-0.1, -0.05) is 6.07 Å². The summed E-state index contributed by atoms with van der Waals surface area (Å²) in [5.74, 6) is 0.719. The topological polar surface area (TPSA) is 91.3 Å². The third kappa shape index (κ3) is 3.23. The molecule has 2 bridgehead atoms. The van der Waals surface area contributed by atoms with Gasteiger partial charge in [0.2, 0.25) is 0 Å². The standard InChI is InChI=1S/C24H32N2O5.2ClH/c1-13(22(28)29)25-16-7-8-24(30-2)18-11-15-5-6-17(27)20-19(15)23(24,21(16)31-20)9-10-26(18)12-14-3-4-14;;/h5-6,13-14,16,18,21,25,27H,3-4,7-12H2,1-2H3,(H,28,29);2*1H/t13-,16+,18+,21-,23-,24+;;/m0../s1. The molecule has 1 spiro atoms. The van der Waals surface area contributed by atoms with Crippen molar-refractivity contribution in [3.05, 3.63) is 23.3 Å². The highest BCUT2D eigenvalue weighted by molar-refractivity contribution is 5.85. The molecule has 184 valence electrons. The van der Waals surface area contributed by atoms with Crippen molar-refractivity contribution in [1.29, 1.82) is 0 Å². The molecule has 7 nitrogen and oxygen atoms in total. The van der Waals surface area contributed by atoms with Crippen LogP contribution in [0, 0.1) is 5.92 Å². The summed E-state index contributed by atoms with van der Waals surface area (Å²) in [6, 6.07) is 3.32. The highest BCUT2D eigenvalue weighted by atomic mass is 35.5. The molecule has 3 fully saturated rings. The van der Waals surface area contributed by atoms with Crippen LogP contribution in [0.25, 0.3) is 0 Å². The first-order valence-electron chi connectivity index (χ1n) is 11.7. The molecule has 1 aromatic carbocycles. The first kappa shape index (κ1) is 24.9. The summed E-state index contributed by atoms with van der Waals surface area (Å²) in [5.41, 5.74) is 1.61. The van der Waals surface area contributed by atoms with Gasteiger partial charge in [-0.15, -0.1) is 24.8 Å². The number of methoxy groups -OCH3 is 1. The number of ether oxygens (including phenoxy) is 2. The average Bonchev–Trinajstić information content (AvgIpc) is 3.50. The number of nitrogens with zero attached hydrogens (tertiary/aromatic N) is 1. The van der Waals surface area contributed by atoms with E-state index in [4.69, 9.17) is 9.47 Å². The van der Waals surface area contributed by atoms with Gasteiger partial charge in [0.15, 0.2) is 11.5 Å². The van der Waals surface area contributed by atoms with E-state index in [1.165, 1.54) is 18.4 Å². The van der Waals surface area contributed by atoms with Gasteiger partial charge in [-0.2, -0.15) is 0 Å². The quantitative estimate of drug-likeness (QED) is 0.552. The van der Waals surface area contributed by atoms with Crippen molar-refractivity contribution in [3.63, 3.8) is 0 Å². The number of halogens is 2. The first-order valence-corrected chi connectivity index (χ1v) is 11.7. The number of aliphatic carboxylic acids is 1. The van der Waals surface area contributed by atoms with E-state index in [0.29, 0.717) is 5.75 Å². The van der Waals surface area contributed by atoms with Gasteiger partial charge in [-0.05, 0) is 69.5 Å². The Labute approximate surface area is 207 Å². The predicted octanol–water partition coefficient (Wildman–Crippen LogP) is 2.89. The summed E-state index contributed by atoms with van der Waals surface area (Å²) >= 11 is 0. The second-order valence-corrected chi connectivity index (χ2v) is 10.3. The second kappa shape index (κ2) is 8.45. The molecule has 1 aromatic rings. The molecule has 3 aliphatic carbocycles. The van der Waals surface area contributed by atoms with E-state index in [2.05, 4.69) is 16.3 Å². The van der Waals surface area contributed by atoms with Crippen molar-refractivity contribution in [3.8, 4) is 11.5 Å². The predicted molar refractivity (Wildman–Crippen MR) is 128 cm³/mol. The lowest BCUT2D eigenvalue weighted by atomic mass is 9.48. The maximum Gasteiger partial charge on any atom is 0.320 e. The minimum absolute atomic E-state index is 0. The van der Waals surface area contributed by atoms with Crippen LogP contribution in [0.2, 0.25) is 0 Å². The highest BCUT2D eigenvalue weighted by Crippen LogP contribution is 2.66. The molecule has 0 unspecified atom stereocenters. The van der Waals surface area contributed by atoms with Crippen LogP contribution in [0.4, 0.5) is 0 Å². The molecule has 0 amide bonds. The van der Waals surface area contributed by atoms with Gasteiger partial charge in [0, 0.05) is 31.3 Å². The van der Waals surface area contributed by atoms with Gasteiger partial charge in [-0.3, -0.25) is 15.0 Å². The number of hydrogen-bond donors (Lipinski definition) is 3. The molecule has 2 heterocycles. The third-order valence-electron chi connectivity index (χ3n) is 8.92. The molecular weight excluding hydrogens is 467 g/mol. The Morgan fingerprint density at radius 3 is 2.73 bits per heavy atom. The monoisotopic (exact) mass is 500 g/mol. The largest absolute Gasteiger partial charge is 0.504 e. The Balaban J connectivity index is 0.00000130. The minimum atomic E-state index is -0.860. The Kier molecular flexibility index (Phi) is 6.37. The zero-order valence-electron chi connectivity index (χ0n) is 19.1. The van der Waals surface area contributed by atoms with Crippen molar-refractivity contribution in [2.24, 2.45) is 5.92 Å². The Bertz CT molecular complexity index is 944. The number of nitrogens with one attached hydrogen (secondary N) is 1. The van der Waals surface area contributed by atoms with Crippen LogP contribution >= 0.6 is 24.8 Å². The van der Waals surface area contributed by atoms with E-state index in [1.54, 1.807) is 13.0 Å². The number of likely N-dealkylation sites (tertiary alicyclic amines) is 1. The summed E-state index contributed by atoms with van der Waals surface area (Å²) in [4.78, 5) is 14.2. The van der Waals surface area contributed by atoms with Gasteiger partial charge in [0.1, 0.15) is 12.1 Å². The summed E-state index contributed by atoms with van der Waals surface area (Å²) in [6.45, 7) is 3.81. The highest BCUT2D eigenvalue weighted by Gasteiger charge is 2.73. The van der Waals surface area contributed by atoms with Gasteiger partial charge < -0.3 is 19.7 Å². The Morgan fingerprint density at radius 2 is 2.06 bits per heavy atom. The number of benzene rings is 1. The van der Waals surface area contributed by atoms with Crippen molar-refractivity contribution >= 4 is 30.8 Å². The first-order chi connectivity index (χ1) is 14.9. The second-order valence-electron chi connectivity index (χ2n) is 10.3. The molecule has 6 rings (SSSR count). The summed E-state index contributed by atoms with van der Waals surface area (Å²) in [5, 5.41) is 23.5. The van der Waals surface area contributed by atoms with E-state index < -0.39 is 12.0 Å². The molecule has 33 heavy (non-hydrogen) atoms. The molecule has 2 aliphatic heterocycles. The SMILES string of the molecule is CO[C@@]12CC[C@@H](N[C@@H](C)C(=O)O)[C@@H]3Oc4c(O)ccc5c4[C@@]31CCN(CC1CC1)[C@@H]2C5.Cl.Cl. The van der Waals surface area contributed by atoms with E-state index in [-0.39, 0.29) is 59.8 Å². The van der Waals surface area contributed by atoms with E-state index >= 15 is 0 Å². The lowest BCUT2D eigenvalue weighted by molar-refractivity contribution is -0.208. The molecule has 9 heteroatoms. The van der Waals surface area contributed by atoms with Gasteiger partial charge >= 0.3 is 5.97 Å². The van der Waals surface area contributed by atoms with Crippen LogP contribution in [-0.4, -0.2) is 71.1 Å². The maximum absolute atomic E-state index is 11.6.